The number of thiophene rings is 1. The summed E-state index contributed by atoms with van der Waals surface area (Å²) in [6, 6.07) is 1.98. The summed E-state index contributed by atoms with van der Waals surface area (Å²) in [5.74, 6) is 7.01. The Morgan fingerprint density at radius 3 is 2.76 bits per heavy atom. The fraction of sp³-hybridized carbons (Fsp3) is 0.455. The molecule has 0 amide bonds. The minimum absolute atomic E-state index is 0.707. The Bertz CT molecular complexity index is 492. The van der Waals surface area contributed by atoms with E-state index in [1.807, 2.05) is 11.4 Å². The Morgan fingerprint density at radius 1 is 1.35 bits per heavy atom. The summed E-state index contributed by atoms with van der Waals surface area (Å²) < 4.78 is 0. The van der Waals surface area contributed by atoms with Gasteiger partial charge in [-0.1, -0.05) is 13.8 Å². The molecule has 0 aliphatic heterocycles. The van der Waals surface area contributed by atoms with Crippen LogP contribution in [0.4, 0.5) is 5.82 Å². The van der Waals surface area contributed by atoms with Gasteiger partial charge >= 0.3 is 0 Å². The number of nitrogen functional groups attached to an aromatic ring is 1. The van der Waals surface area contributed by atoms with E-state index in [4.69, 9.17) is 5.84 Å². The first-order valence-electron chi connectivity index (χ1n) is 5.71. The second kappa shape index (κ2) is 5.39. The number of hydrogen-bond donors (Lipinski definition) is 2. The number of hydrazine groups is 1. The highest BCUT2D eigenvalue weighted by Gasteiger charge is 2.10. The Kier molecular flexibility index (Phi) is 3.88. The third kappa shape index (κ3) is 2.54. The average molecular weight is 251 g/mol. The highest BCUT2D eigenvalue weighted by atomic mass is 32.1. The number of rotatable bonds is 5. The van der Waals surface area contributed by atoms with Crippen molar-refractivity contribution in [3.63, 3.8) is 0 Å². The van der Waals surface area contributed by atoms with E-state index in [-0.39, 0.29) is 0 Å². The Hall–Kier alpha value is -1.24. The van der Waals surface area contributed by atoms with Gasteiger partial charge in [-0.2, -0.15) is 0 Å². The van der Waals surface area contributed by atoms with Crippen molar-refractivity contribution < 1.29 is 0 Å². The van der Waals surface area contributed by atoms with Gasteiger partial charge in [-0.25, -0.2) is 15.8 Å². The van der Waals surface area contributed by atoms with E-state index in [9.17, 15) is 0 Å². The van der Waals surface area contributed by atoms with Crippen molar-refractivity contribution in [3.8, 4) is 0 Å². The molecule has 5 nitrogen and oxygen atoms in total. The van der Waals surface area contributed by atoms with Gasteiger partial charge in [0.05, 0.1) is 11.9 Å². The third-order valence-corrected chi connectivity index (χ3v) is 3.57. The Balaban J connectivity index is 2.34. The first-order chi connectivity index (χ1) is 8.28. The quantitative estimate of drug-likeness (QED) is 0.627. The lowest BCUT2D eigenvalue weighted by Crippen LogP contribution is -2.24. The molecular weight excluding hydrogens is 234 g/mol. The number of nitrogens with one attached hydrogen (secondary N) is 1. The minimum Gasteiger partial charge on any atom is -0.308 e. The molecule has 0 aliphatic carbocycles. The van der Waals surface area contributed by atoms with Crippen molar-refractivity contribution >= 4 is 27.4 Å². The first kappa shape index (κ1) is 12.2. The Morgan fingerprint density at radius 2 is 2.12 bits per heavy atom. The van der Waals surface area contributed by atoms with E-state index < -0.39 is 0 Å². The van der Waals surface area contributed by atoms with Gasteiger partial charge in [0.15, 0.2) is 5.82 Å². The fourth-order valence-electron chi connectivity index (χ4n) is 1.73. The standard InChI is InChI=1S/C11H17N5S/c1-3-16(4-2)7-9-13-10(15-12)8-5-6-17-11(8)14-9/h5-6H,3-4,7,12H2,1-2H3,(H,13,14,15). The molecule has 0 unspecified atom stereocenters. The molecule has 2 heterocycles. The highest BCUT2D eigenvalue weighted by Crippen LogP contribution is 2.24. The largest absolute Gasteiger partial charge is 0.308 e. The van der Waals surface area contributed by atoms with Gasteiger partial charge < -0.3 is 5.43 Å². The van der Waals surface area contributed by atoms with Gasteiger partial charge in [0.1, 0.15) is 10.7 Å². The van der Waals surface area contributed by atoms with Crippen LogP contribution in [0.2, 0.25) is 0 Å². The van der Waals surface area contributed by atoms with Crippen LogP contribution in [-0.2, 0) is 6.54 Å². The molecule has 0 aliphatic rings. The molecule has 3 N–H and O–H groups in total. The van der Waals surface area contributed by atoms with Crippen LogP contribution in [0.1, 0.15) is 19.7 Å². The fourth-order valence-corrected chi connectivity index (χ4v) is 2.51. The van der Waals surface area contributed by atoms with E-state index in [0.717, 1.165) is 35.7 Å². The molecule has 0 bridgehead atoms. The predicted octanol–water partition coefficient (Wildman–Crippen LogP) is 1.82. The highest BCUT2D eigenvalue weighted by molar-refractivity contribution is 7.16. The summed E-state index contributed by atoms with van der Waals surface area (Å²) in [5.41, 5.74) is 2.64. The number of nitrogens with two attached hydrogens (primary N) is 1. The van der Waals surface area contributed by atoms with Crippen molar-refractivity contribution in [3.05, 3.63) is 17.3 Å². The SMILES string of the molecule is CCN(CC)Cc1nc(NN)c2ccsc2n1. The molecule has 6 heteroatoms. The van der Waals surface area contributed by atoms with Gasteiger partial charge in [-0.15, -0.1) is 11.3 Å². The summed E-state index contributed by atoms with van der Waals surface area (Å²) in [6.45, 7) is 7.02. The summed E-state index contributed by atoms with van der Waals surface area (Å²) in [5, 5.41) is 2.99. The molecule has 0 spiro atoms. The van der Waals surface area contributed by atoms with Crippen molar-refractivity contribution in [2.45, 2.75) is 20.4 Å². The number of anilines is 1. The van der Waals surface area contributed by atoms with Crippen LogP contribution in [0, 0.1) is 0 Å². The zero-order valence-corrected chi connectivity index (χ0v) is 10.9. The molecule has 0 atom stereocenters. The lowest BCUT2D eigenvalue weighted by atomic mass is 10.3. The van der Waals surface area contributed by atoms with E-state index in [2.05, 4.69) is 34.1 Å². The summed E-state index contributed by atoms with van der Waals surface area (Å²) in [6.07, 6.45) is 0. The van der Waals surface area contributed by atoms with Gasteiger partial charge in [-0.3, -0.25) is 4.90 Å². The van der Waals surface area contributed by atoms with Gasteiger partial charge in [0.2, 0.25) is 0 Å². The molecule has 0 saturated carbocycles. The number of aromatic nitrogens is 2. The molecule has 0 fully saturated rings. The predicted molar refractivity (Wildman–Crippen MR) is 71.9 cm³/mol. The normalized spacial score (nSPS) is 11.3. The molecule has 2 aromatic heterocycles. The van der Waals surface area contributed by atoms with Crippen molar-refractivity contribution in [1.29, 1.82) is 0 Å². The van der Waals surface area contributed by atoms with E-state index in [1.165, 1.54) is 0 Å². The second-order valence-corrected chi connectivity index (χ2v) is 4.63. The molecule has 0 aromatic carbocycles. The van der Waals surface area contributed by atoms with Crippen molar-refractivity contribution in [2.75, 3.05) is 18.5 Å². The minimum atomic E-state index is 0.707. The van der Waals surface area contributed by atoms with E-state index in [0.29, 0.717) is 5.82 Å². The summed E-state index contributed by atoms with van der Waals surface area (Å²) in [7, 11) is 0. The maximum absolute atomic E-state index is 5.49. The van der Waals surface area contributed by atoms with Crippen molar-refractivity contribution in [2.24, 2.45) is 5.84 Å². The Labute approximate surface area is 105 Å². The molecule has 0 saturated heterocycles. The summed E-state index contributed by atoms with van der Waals surface area (Å²) in [4.78, 5) is 12.2. The topological polar surface area (TPSA) is 67.1 Å². The molecule has 17 heavy (non-hydrogen) atoms. The monoisotopic (exact) mass is 251 g/mol. The molecular formula is C11H17N5S. The molecule has 2 aromatic rings. The first-order valence-corrected chi connectivity index (χ1v) is 6.59. The van der Waals surface area contributed by atoms with Crippen molar-refractivity contribution in [1.82, 2.24) is 14.9 Å². The number of fused-ring (bicyclic) bond motifs is 1. The zero-order chi connectivity index (χ0) is 12.3. The van der Waals surface area contributed by atoms with Crippen LogP contribution < -0.4 is 11.3 Å². The maximum Gasteiger partial charge on any atom is 0.152 e. The molecule has 0 radical (unpaired) electrons. The lowest BCUT2D eigenvalue weighted by molar-refractivity contribution is 0.289. The second-order valence-electron chi connectivity index (χ2n) is 3.73. The average Bonchev–Trinajstić information content (AvgIpc) is 2.82. The van der Waals surface area contributed by atoms with Crippen LogP contribution in [0.3, 0.4) is 0 Å². The van der Waals surface area contributed by atoms with Crippen LogP contribution in [0.5, 0.6) is 0 Å². The van der Waals surface area contributed by atoms with Crippen LogP contribution >= 0.6 is 11.3 Å². The smallest absolute Gasteiger partial charge is 0.152 e. The van der Waals surface area contributed by atoms with Crippen LogP contribution in [0.15, 0.2) is 11.4 Å². The van der Waals surface area contributed by atoms with E-state index in [1.54, 1.807) is 11.3 Å². The third-order valence-electron chi connectivity index (χ3n) is 2.77. The maximum atomic E-state index is 5.49. The number of hydrogen-bond acceptors (Lipinski definition) is 6. The van der Waals surface area contributed by atoms with Crippen LogP contribution in [-0.4, -0.2) is 28.0 Å². The molecule has 92 valence electrons. The van der Waals surface area contributed by atoms with Crippen LogP contribution in [0.25, 0.3) is 10.2 Å². The zero-order valence-electron chi connectivity index (χ0n) is 10.1. The number of nitrogens with zero attached hydrogens (tertiary/aromatic N) is 3. The van der Waals surface area contributed by atoms with E-state index >= 15 is 0 Å². The lowest BCUT2D eigenvalue weighted by Gasteiger charge is -2.17. The summed E-state index contributed by atoms with van der Waals surface area (Å²) >= 11 is 1.61. The van der Waals surface area contributed by atoms with Gasteiger partial charge in [0, 0.05) is 0 Å². The molecule has 2 rings (SSSR count). The van der Waals surface area contributed by atoms with Gasteiger partial charge in [-0.05, 0) is 24.5 Å². The van der Waals surface area contributed by atoms with Gasteiger partial charge in [0.25, 0.3) is 0 Å².